The topological polar surface area (TPSA) is 26.3 Å². The first-order valence-electron chi connectivity index (χ1n) is 4.12. The van der Waals surface area contributed by atoms with Crippen molar-refractivity contribution >= 4 is 5.97 Å². The van der Waals surface area contributed by atoms with Crippen LogP contribution < -0.4 is 0 Å². The average molecular weight is 286 g/mol. The molecule has 0 aromatic rings. The van der Waals surface area contributed by atoms with Crippen LogP contribution in [0.3, 0.4) is 0 Å². The SMILES string of the molecule is C=C(CC(F)(F)C(F)(F)F)C(=O)OCC(F)(F)F. The van der Waals surface area contributed by atoms with Crippen LogP contribution in [0.4, 0.5) is 35.1 Å². The van der Waals surface area contributed by atoms with E-state index < -0.39 is 42.8 Å². The molecule has 0 atom stereocenters. The number of rotatable bonds is 4. The summed E-state index contributed by atoms with van der Waals surface area (Å²) < 4.78 is 98.1. The van der Waals surface area contributed by atoms with E-state index in [1.165, 1.54) is 0 Å². The van der Waals surface area contributed by atoms with Gasteiger partial charge in [0, 0.05) is 5.57 Å². The van der Waals surface area contributed by atoms with Crippen molar-refractivity contribution in [3.8, 4) is 0 Å². The van der Waals surface area contributed by atoms with E-state index in [4.69, 9.17) is 0 Å². The molecule has 10 heteroatoms. The maximum atomic E-state index is 12.4. The Morgan fingerprint density at radius 3 is 1.78 bits per heavy atom. The van der Waals surface area contributed by atoms with Gasteiger partial charge in [0.15, 0.2) is 6.61 Å². The third-order valence-electron chi connectivity index (χ3n) is 1.51. The molecule has 18 heavy (non-hydrogen) atoms. The second kappa shape index (κ2) is 5.11. The molecule has 0 aliphatic carbocycles. The van der Waals surface area contributed by atoms with Gasteiger partial charge in [-0.25, -0.2) is 4.79 Å². The molecule has 0 amide bonds. The quantitative estimate of drug-likeness (QED) is 0.450. The van der Waals surface area contributed by atoms with Crippen LogP contribution in [-0.4, -0.2) is 30.9 Å². The van der Waals surface area contributed by atoms with Crippen LogP contribution in [0.25, 0.3) is 0 Å². The van der Waals surface area contributed by atoms with Crippen LogP contribution in [0.5, 0.6) is 0 Å². The average Bonchev–Trinajstić information content (AvgIpc) is 2.10. The van der Waals surface area contributed by atoms with Crippen LogP contribution in [0, 0.1) is 0 Å². The zero-order valence-electron chi connectivity index (χ0n) is 8.46. The summed E-state index contributed by atoms with van der Waals surface area (Å²) in [5.74, 6) is -7.22. The summed E-state index contributed by atoms with van der Waals surface area (Å²) in [5, 5.41) is 0. The van der Waals surface area contributed by atoms with E-state index in [0.29, 0.717) is 0 Å². The Hall–Kier alpha value is -1.35. The van der Waals surface area contributed by atoms with Gasteiger partial charge in [-0.15, -0.1) is 0 Å². The standard InChI is InChI=1S/C8H6F8O2/c1-4(2-6(9,10)8(14,15)16)5(17)18-3-7(11,12)13/h1-3H2. The highest BCUT2D eigenvalue weighted by atomic mass is 19.4. The molecular weight excluding hydrogens is 280 g/mol. The van der Waals surface area contributed by atoms with Crippen LogP contribution in [0.15, 0.2) is 12.2 Å². The van der Waals surface area contributed by atoms with E-state index in [1.807, 2.05) is 0 Å². The minimum absolute atomic E-state index is 1.40. The predicted molar refractivity (Wildman–Crippen MR) is 41.8 cm³/mol. The van der Waals surface area contributed by atoms with Crippen LogP contribution >= 0.6 is 0 Å². The molecule has 0 heterocycles. The van der Waals surface area contributed by atoms with Gasteiger partial charge in [-0.2, -0.15) is 35.1 Å². The minimum Gasteiger partial charge on any atom is -0.453 e. The van der Waals surface area contributed by atoms with Crippen molar-refractivity contribution in [1.82, 2.24) is 0 Å². The van der Waals surface area contributed by atoms with Gasteiger partial charge in [0.1, 0.15) is 0 Å². The number of esters is 1. The second-order valence-corrected chi connectivity index (χ2v) is 3.17. The summed E-state index contributed by atoms with van der Waals surface area (Å²) >= 11 is 0. The van der Waals surface area contributed by atoms with Gasteiger partial charge >= 0.3 is 24.2 Å². The van der Waals surface area contributed by atoms with Crippen molar-refractivity contribution in [3.63, 3.8) is 0 Å². The summed E-state index contributed by atoms with van der Waals surface area (Å²) in [6.45, 7) is 0.437. The van der Waals surface area contributed by atoms with Crippen molar-refractivity contribution in [2.75, 3.05) is 6.61 Å². The Kier molecular flexibility index (Phi) is 4.72. The highest BCUT2D eigenvalue weighted by Crippen LogP contribution is 2.39. The molecule has 0 radical (unpaired) electrons. The van der Waals surface area contributed by atoms with Gasteiger partial charge in [-0.1, -0.05) is 6.58 Å². The summed E-state index contributed by atoms with van der Waals surface area (Å²) in [6, 6.07) is 0. The maximum absolute atomic E-state index is 12.4. The van der Waals surface area contributed by atoms with Gasteiger partial charge in [-0.05, 0) is 0 Å². The van der Waals surface area contributed by atoms with E-state index in [2.05, 4.69) is 11.3 Å². The Balaban J connectivity index is 4.47. The summed E-state index contributed by atoms with van der Waals surface area (Å²) in [5.41, 5.74) is -1.40. The van der Waals surface area contributed by atoms with Crippen LogP contribution in [0.1, 0.15) is 6.42 Å². The summed E-state index contributed by atoms with van der Waals surface area (Å²) in [6.07, 6.45) is -13.0. The van der Waals surface area contributed by atoms with Gasteiger partial charge in [0.05, 0.1) is 6.42 Å². The van der Waals surface area contributed by atoms with Gasteiger partial charge in [0.2, 0.25) is 0 Å². The Morgan fingerprint density at radius 1 is 1.00 bits per heavy atom. The molecule has 0 saturated carbocycles. The molecule has 0 N–H and O–H groups in total. The van der Waals surface area contributed by atoms with E-state index >= 15 is 0 Å². The first kappa shape index (κ1) is 16.6. The first-order chi connectivity index (χ1) is 7.76. The first-order valence-corrected chi connectivity index (χ1v) is 4.12. The molecule has 0 fully saturated rings. The largest absolute Gasteiger partial charge is 0.453 e. The number of carbonyl (C=O) groups excluding carboxylic acids is 1. The summed E-state index contributed by atoms with van der Waals surface area (Å²) in [4.78, 5) is 10.7. The van der Waals surface area contributed by atoms with E-state index in [1.54, 1.807) is 0 Å². The third kappa shape index (κ3) is 5.32. The van der Waals surface area contributed by atoms with Gasteiger partial charge in [-0.3, -0.25) is 0 Å². The number of halogens is 8. The molecule has 0 bridgehead atoms. The molecule has 0 aromatic heterocycles. The number of alkyl halides is 8. The molecule has 0 spiro atoms. The molecule has 0 aliphatic heterocycles. The lowest BCUT2D eigenvalue weighted by atomic mass is 10.1. The molecule has 0 aromatic carbocycles. The van der Waals surface area contributed by atoms with Crippen molar-refractivity contribution in [3.05, 3.63) is 12.2 Å². The van der Waals surface area contributed by atoms with Crippen LogP contribution in [0.2, 0.25) is 0 Å². The molecule has 106 valence electrons. The Morgan fingerprint density at radius 2 is 1.44 bits per heavy atom. The predicted octanol–water partition coefficient (Wildman–Crippen LogP) is 3.24. The molecule has 2 nitrogen and oxygen atoms in total. The van der Waals surface area contributed by atoms with Crippen molar-refractivity contribution in [2.24, 2.45) is 0 Å². The second-order valence-electron chi connectivity index (χ2n) is 3.17. The van der Waals surface area contributed by atoms with Crippen LogP contribution in [-0.2, 0) is 9.53 Å². The molecule has 0 saturated heterocycles. The van der Waals surface area contributed by atoms with E-state index in [-0.39, 0.29) is 0 Å². The molecule has 0 aliphatic rings. The number of hydrogen-bond donors (Lipinski definition) is 0. The Bertz CT molecular complexity index is 327. The fourth-order valence-electron chi connectivity index (χ4n) is 0.690. The highest BCUT2D eigenvalue weighted by molar-refractivity contribution is 5.87. The van der Waals surface area contributed by atoms with Crippen molar-refractivity contribution in [1.29, 1.82) is 0 Å². The summed E-state index contributed by atoms with van der Waals surface area (Å²) in [7, 11) is 0. The fourth-order valence-corrected chi connectivity index (χ4v) is 0.690. The molecule has 0 rings (SSSR count). The lowest BCUT2D eigenvalue weighted by molar-refractivity contribution is -0.281. The van der Waals surface area contributed by atoms with Crippen molar-refractivity contribution in [2.45, 2.75) is 24.7 Å². The molecule has 0 unspecified atom stereocenters. The van der Waals surface area contributed by atoms with Crippen molar-refractivity contribution < 1.29 is 44.7 Å². The number of hydrogen-bond acceptors (Lipinski definition) is 2. The lowest BCUT2D eigenvalue weighted by Crippen LogP contribution is -2.37. The zero-order valence-corrected chi connectivity index (χ0v) is 8.46. The zero-order chi connectivity index (χ0) is 14.8. The highest BCUT2D eigenvalue weighted by Gasteiger charge is 2.57. The monoisotopic (exact) mass is 286 g/mol. The lowest BCUT2D eigenvalue weighted by Gasteiger charge is -2.20. The fraction of sp³-hybridized carbons (Fsp3) is 0.625. The normalized spacial score (nSPS) is 13.3. The number of carbonyl (C=O) groups is 1. The van der Waals surface area contributed by atoms with E-state index in [0.717, 1.165) is 0 Å². The Labute approximate surface area is 95.2 Å². The molecular formula is C8H6F8O2. The smallest absolute Gasteiger partial charge is 0.453 e. The van der Waals surface area contributed by atoms with Gasteiger partial charge < -0.3 is 4.74 Å². The third-order valence-corrected chi connectivity index (χ3v) is 1.51. The maximum Gasteiger partial charge on any atom is 0.453 e. The van der Waals surface area contributed by atoms with Gasteiger partial charge in [0.25, 0.3) is 0 Å². The number of ether oxygens (including phenoxy) is 1. The van der Waals surface area contributed by atoms with E-state index in [9.17, 15) is 39.9 Å². The minimum atomic E-state index is -5.93.